The number of aromatic nitrogens is 2. The van der Waals surface area contributed by atoms with Crippen molar-refractivity contribution in [3.8, 4) is 33.7 Å². The van der Waals surface area contributed by atoms with Crippen molar-refractivity contribution in [1.82, 2.24) is 10.1 Å². The van der Waals surface area contributed by atoms with Crippen molar-refractivity contribution >= 4 is 17.5 Å². The van der Waals surface area contributed by atoms with Crippen LogP contribution in [0.15, 0.2) is 89.5 Å². The van der Waals surface area contributed by atoms with Crippen LogP contribution < -0.4 is 5.32 Å². The highest BCUT2D eigenvalue weighted by Gasteiger charge is 2.52. The molecule has 6 nitrogen and oxygen atoms in total. The number of benzene rings is 3. The van der Waals surface area contributed by atoms with Crippen LogP contribution in [0.1, 0.15) is 36.6 Å². The highest BCUT2D eigenvalue weighted by Crippen LogP contribution is 2.50. The van der Waals surface area contributed by atoms with E-state index in [4.69, 9.17) is 14.2 Å². The standard InChI is InChI=1S/C34H30FN3O3/c1-4-40-33(39)34(19-20-34)24-17-15-23(16-18-24)26-9-5-6-10-27(26)32-31(22(3)38-41-32)37-30-14-8-13-29(36-30)25-11-7-12-28(35)21(25)2/h5-18H,4,19-20H2,1-3H3,(H,36,37). The van der Waals surface area contributed by atoms with Crippen LogP contribution in [0.2, 0.25) is 0 Å². The first-order chi connectivity index (χ1) is 19.9. The third kappa shape index (κ3) is 4.88. The number of anilines is 2. The molecule has 206 valence electrons. The zero-order chi connectivity index (χ0) is 28.6. The summed E-state index contributed by atoms with van der Waals surface area (Å²) in [4.78, 5) is 17.3. The molecule has 0 atom stereocenters. The lowest BCUT2D eigenvalue weighted by molar-refractivity contribution is -0.146. The third-order valence-corrected chi connectivity index (χ3v) is 7.74. The Balaban J connectivity index is 1.33. The Morgan fingerprint density at radius 2 is 1.63 bits per heavy atom. The highest BCUT2D eigenvalue weighted by molar-refractivity contribution is 5.89. The number of pyridine rings is 1. The van der Waals surface area contributed by atoms with E-state index in [-0.39, 0.29) is 11.8 Å². The van der Waals surface area contributed by atoms with Gasteiger partial charge in [0.15, 0.2) is 5.76 Å². The molecular formula is C34H30FN3O3. The summed E-state index contributed by atoms with van der Waals surface area (Å²) in [5.74, 6) is 0.764. The first-order valence-corrected chi connectivity index (χ1v) is 13.7. The largest absolute Gasteiger partial charge is 0.465 e. The fourth-order valence-corrected chi connectivity index (χ4v) is 5.27. The van der Waals surface area contributed by atoms with Crippen LogP contribution in [0.3, 0.4) is 0 Å². The Kier molecular flexibility index (Phi) is 6.87. The van der Waals surface area contributed by atoms with E-state index >= 15 is 0 Å². The Hall–Kier alpha value is -4.78. The van der Waals surface area contributed by atoms with Gasteiger partial charge in [-0.2, -0.15) is 0 Å². The molecule has 1 saturated carbocycles. The highest BCUT2D eigenvalue weighted by atomic mass is 19.1. The normalized spacial score (nSPS) is 13.6. The second-order valence-corrected chi connectivity index (χ2v) is 10.3. The zero-order valence-electron chi connectivity index (χ0n) is 23.2. The van der Waals surface area contributed by atoms with Gasteiger partial charge in [0.05, 0.1) is 17.7 Å². The quantitative estimate of drug-likeness (QED) is 0.198. The van der Waals surface area contributed by atoms with Crippen LogP contribution in [0.4, 0.5) is 15.9 Å². The molecule has 1 N–H and O–H groups in total. The first kappa shape index (κ1) is 26.4. The second kappa shape index (κ2) is 10.7. The van der Waals surface area contributed by atoms with E-state index in [9.17, 15) is 9.18 Å². The van der Waals surface area contributed by atoms with Crippen LogP contribution in [-0.2, 0) is 14.9 Å². The van der Waals surface area contributed by atoms with Gasteiger partial charge in [0.2, 0.25) is 0 Å². The number of carbonyl (C=O) groups excluding carboxylic acids is 1. The summed E-state index contributed by atoms with van der Waals surface area (Å²) < 4.78 is 25.4. The lowest BCUT2D eigenvalue weighted by Crippen LogP contribution is -2.23. The van der Waals surface area contributed by atoms with Gasteiger partial charge in [0, 0.05) is 11.1 Å². The van der Waals surface area contributed by atoms with Gasteiger partial charge in [0.1, 0.15) is 23.0 Å². The summed E-state index contributed by atoms with van der Waals surface area (Å²) in [5.41, 5.74) is 6.63. The van der Waals surface area contributed by atoms with Crippen LogP contribution >= 0.6 is 0 Å². The molecule has 0 amide bonds. The minimum Gasteiger partial charge on any atom is -0.465 e. The van der Waals surface area contributed by atoms with Gasteiger partial charge in [-0.25, -0.2) is 9.37 Å². The lowest BCUT2D eigenvalue weighted by atomic mass is 9.92. The van der Waals surface area contributed by atoms with Crippen molar-refractivity contribution in [3.63, 3.8) is 0 Å². The maximum absolute atomic E-state index is 14.2. The predicted octanol–water partition coefficient (Wildman–Crippen LogP) is 8.16. The van der Waals surface area contributed by atoms with E-state index in [2.05, 4.69) is 10.5 Å². The van der Waals surface area contributed by atoms with Crippen molar-refractivity contribution in [2.24, 2.45) is 0 Å². The summed E-state index contributed by atoms with van der Waals surface area (Å²) in [5, 5.41) is 7.65. The van der Waals surface area contributed by atoms with Gasteiger partial charge in [-0.1, -0.05) is 71.9 Å². The zero-order valence-corrected chi connectivity index (χ0v) is 23.2. The maximum Gasteiger partial charge on any atom is 0.316 e. The number of nitrogens with zero attached hydrogens (tertiary/aromatic N) is 2. The second-order valence-electron chi connectivity index (χ2n) is 10.3. The van der Waals surface area contributed by atoms with Crippen LogP contribution in [-0.4, -0.2) is 22.7 Å². The molecule has 0 saturated heterocycles. The number of aryl methyl sites for hydroxylation is 1. The van der Waals surface area contributed by atoms with Crippen LogP contribution in [0.5, 0.6) is 0 Å². The molecule has 0 aliphatic heterocycles. The van der Waals surface area contributed by atoms with Gasteiger partial charge < -0.3 is 14.6 Å². The van der Waals surface area contributed by atoms with Crippen molar-refractivity contribution in [3.05, 3.63) is 108 Å². The van der Waals surface area contributed by atoms with E-state index < -0.39 is 5.41 Å². The molecule has 1 aliphatic rings. The van der Waals surface area contributed by atoms with Crippen LogP contribution in [0, 0.1) is 19.7 Å². The van der Waals surface area contributed by atoms with E-state index in [1.165, 1.54) is 6.07 Å². The molecule has 2 heterocycles. The summed E-state index contributed by atoms with van der Waals surface area (Å²) >= 11 is 0. The molecule has 0 radical (unpaired) electrons. The average molecular weight is 548 g/mol. The fourth-order valence-electron chi connectivity index (χ4n) is 5.27. The topological polar surface area (TPSA) is 77.2 Å². The SMILES string of the molecule is CCOC(=O)C1(c2ccc(-c3ccccc3-c3onc(C)c3Nc3cccc(-c4cccc(F)c4C)n3)cc2)CC1. The number of carbonyl (C=O) groups is 1. The molecule has 0 spiro atoms. The Morgan fingerprint density at radius 3 is 2.37 bits per heavy atom. The summed E-state index contributed by atoms with van der Waals surface area (Å²) in [6, 6.07) is 26.7. The van der Waals surface area contributed by atoms with Gasteiger partial charge >= 0.3 is 5.97 Å². The number of halogens is 1. The number of hydrogen-bond acceptors (Lipinski definition) is 6. The van der Waals surface area contributed by atoms with Gasteiger partial charge in [-0.05, 0) is 74.1 Å². The predicted molar refractivity (Wildman–Crippen MR) is 157 cm³/mol. The van der Waals surface area contributed by atoms with E-state index in [1.807, 2.05) is 86.6 Å². The summed E-state index contributed by atoms with van der Waals surface area (Å²) in [6.45, 7) is 5.83. The lowest BCUT2D eigenvalue weighted by Gasteiger charge is -2.15. The number of rotatable bonds is 8. The first-order valence-electron chi connectivity index (χ1n) is 13.7. The Labute approximate surface area is 238 Å². The third-order valence-electron chi connectivity index (χ3n) is 7.74. The van der Waals surface area contributed by atoms with Crippen LogP contribution in [0.25, 0.3) is 33.7 Å². The molecule has 0 bridgehead atoms. The minimum absolute atomic E-state index is 0.147. The molecule has 5 aromatic rings. The summed E-state index contributed by atoms with van der Waals surface area (Å²) in [6.07, 6.45) is 1.62. The van der Waals surface area contributed by atoms with Gasteiger partial charge in [-0.15, -0.1) is 0 Å². The van der Waals surface area contributed by atoms with Crippen molar-refractivity contribution in [2.75, 3.05) is 11.9 Å². The van der Waals surface area contributed by atoms with E-state index in [1.54, 1.807) is 13.0 Å². The maximum atomic E-state index is 14.2. The van der Waals surface area contributed by atoms with Crippen molar-refractivity contribution in [1.29, 1.82) is 0 Å². The fraction of sp³-hybridized carbons (Fsp3) is 0.206. The molecule has 1 aliphatic carbocycles. The molecule has 2 aromatic heterocycles. The number of hydrogen-bond donors (Lipinski definition) is 1. The molecule has 3 aromatic carbocycles. The summed E-state index contributed by atoms with van der Waals surface area (Å²) in [7, 11) is 0. The Bertz CT molecular complexity index is 1740. The molecule has 7 heteroatoms. The number of esters is 1. The van der Waals surface area contributed by atoms with Crippen molar-refractivity contribution in [2.45, 2.75) is 39.0 Å². The van der Waals surface area contributed by atoms with E-state index in [0.717, 1.165) is 40.7 Å². The van der Waals surface area contributed by atoms with E-state index in [0.29, 0.717) is 40.8 Å². The van der Waals surface area contributed by atoms with Gasteiger partial charge in [-0.3, -0.25) is 4.79 Å². The monoisotopic (exact) mass is 547 g/mol. The molecular weight excluding hydrogens is 517 g/mol. The van der Waals surface area contributed by atoms with Crippen molar-refractivity contribution < 1.29 is 18.4 Å². The number of ether oxygens (including phenoxy) is 1. The average Bonchev–Trinajstić information content (AvgIpc) is 3.74. The molecule has 1 fully saturated rings. The number of nitrogens with one attached hydrogen (secondary N) is 1. The molecule has 0 unspecified atom stereocenters. The molecule has 6 rings (SSSR count). The minimum atomic E-state index is -0.515. The molecule has 41 heavy (non-hydrogen) atoms. The Morgan fingerprint density at radius 1 is 0.927 bits per heavy atom. The smallest absolute Gasteiger partial charge is 0.316 e. The van der Waals surface area contributed by atoms with Gasteiger partial charge in [0.25, 0.3) is 0 Å².